The third kappa shape index (κ3) is 4.59. The van der Waals surface area contributed by atoms with Gasteiger partial charge in [0.1, 0.15) is 6.61 Å². The van der Waals surface area contributed by atoms with Crippen LogP contribution in [0.2, 0.25) is 0 Å². The Morgan fingerprint density at radius 3 is 2.62 bits per heavy atom. The normalized spacial score (nSPS) is 10.5. The molecule has 0 aliphatic rings. The van der Waals surface area contributed by atoms with Crippen molar-refractivity contribution < 1.29 is 9.47 Å². The molecule has 112 valence electrons. The van der Waals surface area contributed by atoms with Gasteiger partial charge in [0.05, 0.1) is 16.8 Å². The zero-order valence-corrected chi connectivity index (χ0v) is 15.3. The fraction of sp³-hybridized carbons (Fsp3) is 0.267. The van der Waals surface area contributed by atoms with Gasteiger partial charge in [0.2, 0.25) is 0 Å². The Labute approximate surface area is 145 Å². The van der Waals surface area contributed by atoms with E-state index in [1.807, 2.05) is 31.2 Å². The molecule has 1 aromatic carbocycles. The Morgan fingerprint density at radius 1 is 1.19 bits per heavy atom. The molecule has 0 radical (unpaired) electrons. The van der Waals surface area contributed by atoms with Crippen LogP contribution in [-0.4, -0.2) is 11.6 Å². The number of alkyl halides is 1. The minimum absolute atomic E-state index is 0.367. The summed E-state index contributed by atoms with van der Waals surface area (Å²) in [5.74, 6) is 1.77. The molecule has 0 aliphatic carbocycles. The Morgan fingerprint density at radius 2 is 2.00 bits per heavy atom. The van der Waals surface area contributed by atoms with Gasteiger partial charge in [0.25, 0.3) is 0 Å². The van der Waals surface area contributed by atoms with Gasteiger partial charge in [-0.25, -0.2) is 0 Å². The Bertz CT molecular complexity index is 605. The lowest BCUT2D eigenvalue weighted by atomic mass is 10.2. The highest BCUT2D eigenvalue weighted by Crippen LogP contribution is 2.37. The fourth-order valence-electron chi connectivity index (χ4n) is 1.74. The summed E-state index contributed by atoms with van der Waals surface area (Å²) in [5.41, 5.74) is 1.81. The summed E-state index contributed by atoms with van der Waals surface area (Å²) in [5, 5.41) is 0. The average Bonchev–Trinajstić information content (AvgIpc) is 2.48. The zero-order valence-electron chi connectivity index (χ0n) is 11.4. The molecule has 3 nitrogen and oxygen atoms in total. The lowest BCUT2D eigenvalue weighted by molar-refractivity contribution is 0.264. The van der Waals surface area contributed by atoms with Gasteiger partial charge in [-0.2, -0.15) is 0 Å². The van der Waals surface area contributed by atoms with Crippen molar-refractivity contribution in [2.45, 2.75) is 19.4 Å². The third-order valence-electron chi connectivity index (χ3n) is 2.68. The van der Waals surface area contributed by atoms with Crippen LogP contribution in [0.5, 0.6) is 11.5 Å². The summed E-state index contributed by atoms with van der Waals surface area (Å²) in [4.78, 5) is 4.28. The summed E-state index contributed by atoms with van der Waals surface area (Å²) < 4.78 is 13.2. The molecule has 0 saturated carbocycles. The molecule has 6 heteroatoms. The molecule has 0 aliphatic heterocycles. The number of pyridine rings is 1. The molecule has 0 saturated heterocycles. The quantitative estimate of drug-likeness (QED) is 0.575. The van der Waals surface area contributed by atoms with Crippen LogP contribution >= 0.6 is 43.5 Å². The topological polar surface area (TPSA) is 31.4 Å². The van der Waals surface area contributed by atoms with E-state index in [2.05, 4.69) is 36.8 Å². The minimum atomic E-state index is 0.367. The maximum absolute atomic E-state index is 5.88. The van der Waals surface area contributed by atoms with Crippen LogP contribution in [0.4, 0.5) is 0 Å². The number of benzene rings is 1. The lowest BCUT2D eigenvalue weighted by Gasteiger charge is -2.14. The van der Waals surface area contributed by atoms with E-state index < -0.39 is 0 Å². The average molecular weight is 436 g/mol. The number of hydrogen-bond acceptors (Lipinski definition) is 3. The fourth-order valence-corrected chi connectivity index (χ4v) is 2.73. The van der Waals surface area contributed by atoms with Crippen molar-refractivity contribution in [3.8, 4) is 11.5 Å². The highest BCUT2D eigenvalue weighted by molar-refractivity contribution is 9.10. The SMILES string of the molecule is CCOc1cc(CCl)cc(Br)c1OCc1ccc(Br)cn1. The highest BCUT2D eigenvalue weighted by atomic mass is 79.9. The minimum Gasteiger partial charge on any atom is -0.490 e. The molecular weight excluding hydrogens is 421 g/mol. The van der Waals surface area contributed by atoms with Crippen molar-refractivity contribution in [1.29, 1.82) is 0 Å². The first kappa shape index (κ1) is 16.6. The number of halogens is 3. The molecule has 0 bridgehead atoms. The molecule has 0 unspecified atom stereocenters. The first-order valence-corrected chi connectivity index (χ1v) is 8.50. The van der Waals surface area contributed by atoms with Crippen LogP contribution in [0.15, 0.2) is 39.4 Å². The Kier molecular flexibility index (Phi) is 6.33. The summed E-state index contributed by atoms with van der Waals surface area (Å²) in [6.45, 7) is 2.86. The van der Waals surface area contributed by atoms with Gasteiger partial charge in [-0.15, -0.1) is 11.6 Å². The van der Waals surface area contributed by atoms with Crippen LogP contribution in [0.1, 0.15) is 18.2 Å². The van der Waals surface area contributed by atoms with Crippen molar-refractivity contribution in [3.05, 3.63) is 50.7 Å². The maximum Gasteiger partial charge on any atom is 0.175 e. The smallest absolute Gasteiger partial charge is 0.175 e. The summed E-state index contributed by atoms with van der Waals surface area (Å²) >= 11 is 12.7. The molecule has 0 N–H and O–H groups in total. The summed E-state index contributed by atoms with van der Waals surface area (Å²) in [6.07, 6.45) is 1.74. The van der Waals surface area contributed by atoms with Gasteiger partial charge >= 0.3 is 0 Å². The van der Waals surface area contributed by atoms with E-state index in [1.165, 1.54) is 0 Å². The number of rotatable bonds is 6. The van der Waals surface area contributed by atoms with E-state index in [9.17, 15) is 0 Å². The van der Waals surface area contributed by atoms with E-state index in [0.717, 1.165) is 20.2 Å². The Balaban J connectivity index is 2.19. The van der Waals surface area contributed by atoms with Crippen molar-refractivity contribution in [2.24, 2.45) is 0 Å². The van der Waals surface area contributed by atoms with Crippen molar-refractivity contribution in [2.75, 3.05) is 6.61 Å². The monoisotopic (exact) mass is 433 g/mol. The van der Waals surface area contributed by atoms with E-state index in [-0.39, 0.29) is 0 Å². The predicted octanol–water partition coefficient (Wildman–Crippen LogP) is 5.32. The van der Waals surface area contributed by atoms with Gasteiger partial charge in [0.15, 0.2) is 11.5 Å². The molecule has 1 aromatic heterocycles. The molecule has 2 aromatic rings. The van der Waals surface area contributed by atoms with E-state index >= 15 is 0 Å². The second-order valence-corrected chi connectivity index (χ2v) is 6.27. The lowest BCUT2D eigenvalue weighted by Crippen LogP contribution is -2.02. The number of ether oxygens (including phenoxy) is 2. The second kappa shape index (κ2) is 8.01. The van der Waals surface area contributed by atoms with Crippen LogP contribution in [0, 0.1) is 0 Å². The second-order valence-electron chi connectivity index (χ2n) is 4.23. The number of hydrogen-bond donors (Lipinski definition) is 0. The summed E-state index contributed by atoms with van der Waals surface area (Å²) in [6, 6.07) is 7.66. The number of nitrogens with zero attached hydrogens (tertiary/aromatic N) is 1. The standard InChI is InChI=1S/C15H14Br2ClNO2/c1-2-20-14-6-10(7-18)5-13(17)15(14)21-9-12-4-3-11(16)8-19-12/h3-6,8H,2,7,9H2,1H3. The zero-order chi connectivity index (χ0) is 15.2. The van der Waals surface area contributed by atoms with Crippen LogP contribution in [0.3, 0.4) is 0 Å². The summed E-state index contributed by atoms with van der Waals surface area (Å²) in [7, 11) is 0. The van der Waals surface area contributed by atoms with Crippen molar-refractivity contribution in [1.82, 2.24) is 4.98 Å². The van der Waals surface area contributed by atoms with E-state index in [1.54, 1.807) is 6.20 Å². The largest absolute Gasteiger partial charge is 0.490 e. The van der Waals surface area contributed by atoms with Gasteiger partial charge in [-0.1, -0.05) is 0 Å². The van der Waals surface area contributed by atoms with Crippen LogP contribution in [0.25, 0.3) is 0 Å². The molecule has 0 atom stereocenters. The van der Waals surface area contributed by atoms with Crippen molar-refractivity contribution >= 4 is 43.5 Å². The van der Waals surface area contributed by atoms with Crippen molar-refractivity contribution in [3.63, 3.8) is 0 Å². The van der Waals surface area contributed by atoms with E-state index in [4.69, 9.17) is 21.1 Å². The van der Waals surface area contributed by atoms with Crippen LogP contribution < -0.4 is 9.47 Å². The number of aromatic nitrogens is 1. The van der Waals surface area contributed by atoms with Gasteiger partial charge in [-0.05, 0) is 68.6 Å². The van der Waals surface area contributed by atoms with Gasteiger partial charge < -0.3 is 9.47 Å². The van der Waals surface area contributed by atoms with Crippen LogP contribution in [-0.2, 0) is 12.5 Å². The predicted molar refractivity (Wildman–Crippen MR) is 91.1 cm³/mol. The highest BCUT2D eigenvalue weighted by Gasteiger charge is 2.12. The first-order valence-electron chi connectivity index (χ1n) is 6.38. The maximum atomic E-state index is 5.88. The van der Waals surface area contributed by atoms with E-state index in [0.29, 0.717) is 30.6 Å². The van der Waals surface area contributed by atoms with Gasteiger partial charge in [0, 0.05) is 16.5 Å². The molecule has 0 amide bonds. The molecule has 0 spiro atoms. The molecule has 2 rings (SSSR count). The first-order chi connectivity index (χ1) is 10.1. The third-order valence-corrected chi connectivity index (χ3v) is 4.04. The molecule has 21 heavy (non-hydrogen) atoms. The molecular formula is C15H14Br2ClNO2. The molecule has 0 fully saturated rings. The Hall–Kier alpha value is -0.780. The van der Waals surface area contributed by atoms with Gasteiger partial charge in [-0.3, -0.25) is 4.98 Å². The molecule has 1 heterocycles.